The van der Waals surface area contributed by atoms with Crippen molar-refractivity contribution < 1.29 is 23.7 Å². The summed E-state index contributed by atoms with van der Waals surface area (Å²) >= 11 is 2.16. The van der Waals surface area contributed by atoms with Crippen molar-refractivity contribution in [2.24, 2.45) is 0 Å². The van der Waals surface area contributed by atoms with Crippen LogP contribution in [-0.4, -0.2) is 63.3 Å². The van der Waals surface area contributed by atoms with E-state index in [0.29, 0.717) is 51.7 Å². The number of hydrogen-bond donors (Lipinski definition) is 1. The summed E-state index contributed by atoms with van der Waals surface area (Å²) in [4.78, 5) is 11.7. The average molecular weight is 437 g/mol. The van der Waals surface area contributed by atoms with Gasteiger partial charge in [0.25, 0.3) is 5.91 Å². The van der Waals surface area contributed by atoms with E-state index in [1.807, 2.05) is 18.2 Å². The molecule has 7 heteroatoms. The fourth-order valence-corrected chi connectivity index (χ4v) is 1.87. The van der Waals surface area contributed by atoms with Gasteiger partial charge in [0.2, 0.25) is 0 Å². The minimum atomic E-state index is -0.0905. The molecule has 1 atom stereocenters. The number of carbonyl (C=O) groups excluding carboxylic acids is 1. The van der Waals surface area contributed by atoms with E-state index >= 15 is 0 Å². The quantitative estimate of drug-likeness (QED) is 0.290. The fraction of sp³-hybridized carbons (Fsp3) is 0.562. The van der Waals surface area contributed by atoms with Crippen LogP contribution in [0.3, 0.4) is 0 Å². The van der Waals surface area contributed by atoms with Gasteiger partial charge in [-0.3, -0.25) is 4.79 Å². The Balaban J connectivity index is 1.86. The zero-order chi connectivity index (χ0) is 16.8. The van der Waals surface area contributed by atoms with Gasteiger partial charge in [0.05, 0.1) is 39.6 Å². The van der Waals surface area contributed by atoms with Gasteiger partial charge in [-0.05, 0) is 34.7 Å². The Morgan fingerprint density at radius 2 is 1.65 bits per heavy atom. The molecule has 6 nitrogen and oxygen atoms in total. The van der Waals surface area contributed by atoms with E-state index in [4.69, 9.17) is 18.9 Å². The predicted molar refractivity (Wildman–Crippen MR) is 96.0 cm³/mol. The molecule has 0 heterocycles. The molecule has 0 saturated heterocycles. The first kappa shape index (κ1) is 20.3. The van der Waals surface area contributed by atoms with E-state index in [1.165, 1.54) is 0 Å². The van der Waals surface area contributed by atoms with Crippen molar-refractivity contribution in [2.75, 3.05) is 53.3 Å². The van der Waals surface area contributed by atoms with Gasteiger partial charge in [0, 0.05) is 19.2 Å². The van der Waals surface area contributed by atoms with Gasteiger partial charge in [-0.2, -0.15) is 0 Å². The number of hydrogen-bond acceptors (Lipinski definition) is 5. The molecule has 0 aromatic heterocycles. The number of alkyl halides is 1. The molecule has 1 aromatic carbocycles. The predicted octanol–water partition coefficient (Wildman–Crippen LogP) is 1.87. The molecule has 0 saturated carbocycles. The molecule has 1 amide bonds. The first-order chi connectivity index (χ1) is 11.2. The van der Waals surface area contributed by atoms with Crippen molar-refractivity contribution in [3.63, 3.8) is 0 Å². The zero-order valence-corrected chi connectivity index (χ0v) is 15.5. The van der Waals surface area contributed by atoms with Gasteiger partial charge in [-0.1, -0.05) is 18.2 Å². The summed E-state index contributed by atoms with van der Waals surface area (Å²) in [6.07, 6.45) is 0. The highest BCUT2D eigenvalue weighted by atomic mass is 127. The molecule has 1 rings (SSSR count). The van der Waals surface area contributed by atoms with E-state index in [2.05, 4.69) is 27.9 Å². The molecular weight excluding hydrogens is 413 g/mol. The molecule has 0 fully saturated rings. The lowest BCUT2D eigenvalue weighted by Gasteiger charge is -2.09. The van der Waals surface area contributed by atoms with Gasteiger partial charge < -0.3 is 24.3 Å². The van der Waals surface area contributed by atoms with Crippen molar-refractivity contribution in [1.29, 1.82) is 0 Å². The third-order valence-corrected chi connectivity index (χ3v) is 3.68. The molecule has 0 aliphatic carbocycles. The van der Waals surface area contributed by atoms with Crippen LogP contribution in [-0.2, 0) is 18.9 Å². The lowest BCUT2D eigenvalue weighted by atomic mass is 10.2. The monoisotopic (exact) mass is 437 g/mol. The molecule has 0 radical (unpaired) electrons. The Bertz CT molecular complexity index is 418. The largest absolute Gasteiger partial charge is 0.377 e. The smallest absolute Gasteiger partial charge is 0.251 e. The third-order valence-electron chi connectivity index (χ3n) is 2.82. The zero-order valence-electron chi connectivity index (χ0n) is 13.3. The molecule has 1 N–H and O–H groups in total. The Hall–Kier alpha value is -0.740. The number of methoxy groups -OCH3 is 1. The highest BCUT2D eigenvalue weighted by molar-refractivity contribution is 14.1. The number of benzene rings is 1. The first-order valence-corrected chi connectivity index (χ1v) is 8.72. The number of halogens is 1. The average Bonchev–Trinajstić information content (AvgIpc) is 2.59. The van der Waals surface area contributed by atoms with Gasteiger partial charge >= 0.3 is 0 Å². The van der Waals surface area contributed by atoms with Crippen molar-refractivity contribution >= 4 is 28.5 Å². The molecular formula is C16H24INO5. The van der Waals surface area contributed by atoms with E-state index in [1.54, 1.807) is 19.2 Å². The van der Waals surface area contributed by atoms with Gasteiger partial charge in [0.1, 0.15) is 4.11 Å². The van der Waals surface area contributed by atoms with Crippen molar-refractivity contribution in [2.45, 2.75) is 4.11 Å². The molecule has 0 aliphatic heterocycles. The van der Waals surface area contributed by atoms with Crippen LogP contribution in [0.1, 0.15) is 10.4 Å². The number of amides is 1. The van der Waals surface area contributed by atoms with Crippen LogP contribution in [0, 0.1) is 0 Å². The van der Waals surface area contributed by atoms with Gasteiger partial charge in [-0.25, -0.2) is 0 Å². The number of rotatable bonds is 13. The first-order valence-electron chi connectivity index (χ1n) is 7.47. The molecule has 23 heavy (non-hydrogen) atoms. The van der Waals surface area contributed by atoms with Crippen molar-refractivity contribution in [1.82, 2.24) is 5.32 Å². The fourth-order valence-electron chi connectivity index (χ4n) is 1.61. The van der Waals surface area contributed by atoms with Crippen LogP contribution in [0.2, 0.25) is 0 Å². The molecule has 0 bridgehead atoms. The Morgan fingerprint density at radius 1 is 1.04 bits per heavy atom. The maximum absolute atomic E-state index is 11.7. The normalized spacial score (nSPS) is 12.1. The number of ether oxygens (including phenoxy) is 4. The lowest BCUT2D eigenvalue weighted by molar-refractivity contribution is 0.00124. The Morgan fingerprint density at radius 3 is 2.30 bits per heavy atom. The number of nitrogens with one attached hydrogen (secondary N) is 1. The molecule has 1 unspecified atom stereocenters. The molecule has 130 valence electrons. The number of carbonyl (C=O) groups is 1. The molecule has 0 spiro atoms. The van der Waals surface area contributed by atoms with Crippen LogP contribution in [0.25, 0.3) is 0 Å². The maximum atomic E-state index is 11.7. The second kappa shape index (κ2) is 13.7. The topological polar surface area (TPSA) is 66.0 Å². The Kier molecular flexibility index (Phi) is 12.1. The SMILES string of the molecule is COC(I)COCCOCCOCCNC(=O)c1ccccc1. The van der Waals surface area contributed by atoms with Crippen LogP contribution in [0.5, 0.6) is 0 Å². The second-order valence-electron chi connectivity index (χ2n) is 4.57. The Labute approximate surface area is 151 Å². The van der Waals surface area contributed by atoms with E-state index in [9.17, 15) is 4.79 Å². The van der Waals surface area contributed by atoms with E-state index in [-0.39, 0.29) is 10.0 Å². The summed E-state index contributed by atoms with van der Waals surface area (Å²) < 4.78 is 21.2. The van der Waals surface area contributed by atoms with Crippen LogP contribution in [0.4, 0.5) is 0 Å². The minimum absolute atomic E-state index is 0.0713. The summed E-state index contributed by atoms with van der Waals surface area (Å²) in [7, 11) is 1.65. The lowest BCUT2D eigenvalue weighted by Crippen LogP contribution is -2.27. The summed E-state index contributed by atoms with van der Waals surface area (Å²) in [6, 6.07) is 9.10. The summed E-state index contributed by atoms with van der Waals surface area (Å²) in [6.45, 7) is 3.56. The summed E-state index contributed by atoms with van der Waals surface area (Å²) in [5, 5.41) is 2.80. The second-order valence-corrected chi connectivity index (χ2v) is 5.96. The third kappa shape index (κ3) is 10.6. The molecule has 1 aromatic rings. The van der Waals surface area contributed by atoms with E-state index in [0.717, 1.165) is 0 Å². The van der Waals surface area contributed by atoms with Gasteiger partial charge in [-0.15, -0.1) is 0 Å². The molecule has 0 aliphatic rings. The highest BCUT2D eigenvalue weighted by Crippen LogP contribution is 2.00. The van der Waals surface area contributed by atoms with Crippen LogP contribution >= 0.6 is 22.6 Å². The minimum Gasteiger partial charge on any atom is -0.377 e. The van der Waals surface area contributed by atoms with Gasteiger partial charge in [0.15, 0.2) is 0 Å². The standard InChI is InChI=1S/C16H24INO5/c1-20-15(17)13-23-12-11-22-10-9-21-8-7-18-16(19)14-5-3-2-4-6-14/h2-6,15H,7-13H2,1H3,(H,18,19). The van der Waals surface area contributed by atoms with E-state index < -0.39 is 0 Å². The highest BCUT2D eigenvalue weighted by Gasteiger charge is 2.02. The van der Waals surface area contributed by atoms with Crippen LogP contribution < -0.4 is 5.32 Å². The van der Waals surface area contributed by atoms with Crippen LogP contribution in [0.15, 0.2) is 30.3 Å². The maximum Gasteiger partial charge on any atom is 0.251 e. The summed E-state index contributed by atoms with van der Waals surface area (Å²) in [5.41, 5.74) is 0.651. The summed E-state index contributed by atoms with van der Waals surface area (Å²) in [5.74, 6) is -0.0905. The van der Waals surface area contributed by atoms with Crippen molar-refractivity contribution in [3.05, 3.63) is 35.9 Å². The van der Waals surface area contributed by atoms with Crippen molar-refractivity contribution in [3.8, 4) is 0 Å².